The third-order valence-electron chi connectivity index (χ3n) is 4.46. The van der Waals surface area contributed by atoms with E-state index < -0.39 is 0 Å². The molecule has 1 atom stereocenters. The van der Waals surface area contributed by atoms with Gasteiger partial charge in [0.15, 0.2) is 5.11 Å². The number of pyridine rings is 1. The molecule has 2 rings (SSSR count). The van der Waals surface area contributed by atoms with Crippen LogP contribution in [0.1, 0.15) is 29.7 Å². The van der Waals surface area contributed by atoms with Crippen LogP contribution in [-0.4, -0.2) is 42.2 Å². The molecule has 1 aromatic heterocycles. The average molecular weight is 358 g/mol. The van der Waals surface area contributed by atoms with E-state index in [4.69, 9.17) is 12.2 Å². The van der Waals surface area contributed by atoms with Crippen LogP contribution in [-0.2, 0) is 0 Å². The number of rotatable bonds is 6. The third-order valence-corrected chi connectivity index (χ3v) is 4.80. The number of anilines is 1. The van der Waals surface area contributed by atoms with Crippen molar-refractivity contribution < 1.29 is 4.90 Å². The second-order valence-corrected chi connectivity index (χ2v) is 7.20. The summed E-state index contributed by atoms with van der Waals surface area (Å²) in [6, 6.07) is 10.5. The maximum Gasteiger partial charge on any atom is 0.174 e. The van der Waals surface area contributed by atoms with Crippen LogP contribution >= 0.6 is 12.2 Å². The topological polar surface area (TPSA) is 32.6 Å². The Balaban J connectivity index is 2.23. The Labute approximate surface area is 156 Å². The van der Waals surface area contributed by atoms with Crippen LogP contribution in [0.4, 0.5) is 5.69 Å². The number of nitrogens with one attached hydrogen (secondary N) is 2. The van der Waals surface area contributed by atoms with E-state index in [1.807, 2.05) is 12.3 Å². The molecule has 0 aliphatic heterocycles. The first-order valence-electron chi connectivity index (χ1n) is 8.73. The summed E-state index contributed by atoms with van der Waals surface area (Å²) in [6.45, 7) is 8.29. The number of hydrogen-bond acceptors (Lipinski definition) is 2. The van der Waals surface area contributed by atoms with Crippen molar-refractivity contribution >= 4 is 23.0 Å². The Bertz CT molecular complexity index is 680. The number of benzene rings is 1. The first-order chi connectivity index (χ1) is 11.9. The monoisotopic (exact) mass is 357 g/mol. The fourth-order valence-electron chi connectivity index (χ4n) is 2.81. The van der Waals surface area contributed by atoms with Gasteiger partial charge in [-0.25, -0.2) is 0 Å². The summed E-state index contributed by atoms with van der Waals surface area (Å²) in [5.41, 5.74) is 4.68. The molecule has 134 valence electrons. The SMILES string of the molecule is Cc1cccc(C)c1NC(=S)N(CC[NH+](C)C)C(C)c1cccnc1. The molecule has 1 aromatic carbocycles. The predicted molar refractivity (Wildman–Crippen MR) is 109 cm³/mol. The van der Waals surface area contributed by atoms with E-state index in [9.17, 15) is 0 Å². The second kappa shape index (κ2) is 8.92. The molecule has 25 heavy (non-hydrogen) atoms. The summed E-state index contributed by atoms with van der Waals surface area (Å²) < 4.78 is 0. The Morgan fingerprint density at radius 2 is 1.88 bits per heavy atom. The van der Waals surface area contributed by atoms with Gasteiger partial charge in [0.25, 0.3) is 0 Å². The molecular weight excluding hydrogens is 328 g/mol. The van der Waals surface area contributed by atoms with E-state index in [1.54, 1.807) is 6.20 Å². The fourth-order valence-corrected chi connectivity index (χ4v) is 3.16. The number of aromatic nitrogens is 1. The Kier molecular flexibility index (Phi) is 6.91. The van der Waals surface area contributed by atoms with Crippen molar-refractivity contribution in [3.05, 3.63) is 59.4 Å². The van der Waals surface area contributed by atoms with Crippen molar-refractivity contribution in [2.75, 3.05) is 32.5 Å². The van der Waals surface area contributed by atoms with E-state index in [-0.39, 0.29) is 6.04 Å². The first-order valence-corrected chi connectivity index (χ1v) is 9.13. The predicted octanol–water partition coefficient (Wildman–Crippen LogP) is 2.60. The van der Waals surface area contributed by atoms with Gasteiger partial charge in [0.2, 0.25) is 0 Å². The van der Waals surface area contributed by atoms with Crippen LogP contribution in [0.25, 0.3) is 0 Å². The highest BCUT2D eigenvalue weighted by Crippen LogP contribution is 2.23. The number of nitrogens with zero attached hydrogens (tertiary/aromatic N) is 2. The number of likely N-dealkylation sites (N-methyl/N-ethyl adjacent to an activating group) is 1. The lowest BCUT2D eigenvalue weighted by Crippen LogP contribution is -3.06. The second-order valence-electron chi connectivity index (χ2n) is 6.81. The largest absolute Gasteiger partial charge is 0.338 e. The van der Waals surface area contributed by atoms with Gasteiger partial charge in [0.05, 0.1) is 33.2 Å². The van der Waals surface area contributed by atoms with E-state index in [0.29, 0.717) is 0 Å². The minimum Gasteiger partial charge on any atom is -0.338 e. The quantitative estimate of drug-likeness (QED) is 0.779. The lowest BCUT2D eigenvalue weighted by molar-refractivity contribution is -0.857. The highest BCUT2D eigenvalue weighted by molar-refractivity contribution is 7.80. The molecule has 1 unspecified atom stereocenters. The van der Waals surface area contributed by atoms with Crippen molar-refractivity contribution in [3.8, 4) is 0 Å². The van der Waals surface area contributed by atoms with Gasteiger partial charge in [-0.3, -0.25) is 4.98 Å². The summed E-state index contributed by atoms with van der Waals surface area (Å²) in [5, 5.41) is 4.24. The Morgan fingerprint density at radius 1 is 1.20 bits per heavy atom. The van der Waals surface area contributed by atoms with Crippen molar-refractivity contribution in [2.24, 2.45) is 0 Å². The molecule has 2 aromatic rings. The zero-order valence-electron chi connectivity index (χ0n) is 15.8. The summed E-state index contributed by atoms with van der Waals surface area (Å²) in [7, 11) is 4.32. The van der Waals surface area contributed by atoms with Crippen LogP contribution < -0.4 is 10.2 Å². The van der Waals surface area contributed by atoms with Gasteiger partial charge in [0.1, 0.15) is 0 Å². The fraction of sp³-hybridized carbons (Fsp3) is 0.400. The molecule has 0 radical (unpaired) electrons. The maximum atomic E-state index is 5.79. The molecule has 0 amide bonds. The van der Waals surface area contributed by atoms with Gasteiger partial charge in [-0.1, -0.05) is 24.3 Å². The number of aryl methyl sites for hydroxylation is 2. The van der Waals surface area contributed by atoms with Crippen LogP contribution in [0.15, 0.2) is 42.7 Å². The smallest absolute Gasteiger partial charge is 0.174 e. The number of quaternary nitrogens is 1. The molecule has 0 aliphatic rings. The summed E-state index contributed by atoms with van der Waals surface area (Å²) in [4.78, 5) is 7.92. The maximum absolute atomic E-state index is 5.79. The van der Waals surface area contributed by atoms with Gasteiger partial charge in [-0.2, -0.15) is 0 Å². The van der Waals surface area contributed by atoms with Crippen molar-refractivity contribution in [2.45, 2.75) is 26.8 Å². The Morgan fingerprint density at radius 3 is 2.44 bits per heavy atom. The van der Waals surface area contributed by atoms with E-state index in [2.05, 4.69) is 74.3 Å². The molecule has 0 bridgehead atoms. The van der Waals surface area contributed by atoms with Crippen molar-refractivity contribution in [1.82, 2.24) is 9.88 Å². The molecule has 0 saturated carbocycles. The zero-order valence-corrected chi connectivity index (χ0v) is 16.7. The van der Waals surface area contributed by atoms with Gasteiger partial charge in [-0.05, 0) is 55.7 Å². The van der Waals surface area contributed by atoms with Crippen LogP contribution in [0.3, 0.4) is 0 Å². The molecule has 0 aliphatic carbocycles. The summed E-state index contributed by atoms with van der Waals surface area (Å²) in [5.74, 6) is 0. The van der Waals surface area contributed by atoms with Gasteiger partial charge >= 0.3 is 0 Å². The van der Waals surface area contributed by atoms with Gasteiger partial charge < -0.3 is 15.1 Å². The van der Waals surface area contributed by atoms with E-state index in [0.717, 1.165) is 23.9 Å². The van der Waals surface area contributed by atoms with Crippen molar-refractivity contribution in [1.29, 1.82) is 0 Å². The molecule has 0 saturated heterocycles. The van der Waals surface area contributed by atoms with Gasteiger partial charge in [-0.15, -0.1) is 0 Å². The van der Waals surface area contributed by atoms with E-state index >= 15 is 0 Å². The standard InChI is InChI=1S/C20H28N4S/c1-15-8-6-9-16(2)19(15)22-20(25)24(13-12-23(4)5)17(3)18-10-7-11-21-14-18/h6-11,14,17H,12-13H2,1-5H3,(H,22,25)/p+1. The van der Waals surface area contributed by atoms with Gasteiger partial charge in [0, 0.05) is 18.1 Å². The van der Waals surface area contributed by atoms with Crippen LogP contribution in [0.2, 0.25) is 0 Å². The highest BCUT2D eigenvalue weighted by atomic mass is 32.1. The molecular formula is C20H29N4S+. The molecule has 1 heterocycles. The Hall–Kier alpha value is -1.98. The van der Waals surface area contributed by atoms with Crippen LogP contribution in [0.5, 0.6) is 0 Å². The summed E-state index contributed by atoms with van der Waals surface area (Å²) in [6.07, 6.45) is 3.72. The summed E-state index contributed by atoms with van der Waals surface area (Å²) >= 11 is 5.79. The third kappa shape index (κ3) is 5.25. The molecule has 0 fully saturated rings. The molecule has 2 N–H and O–H groups in total. The zero-order chi connectivity index (χ0) is 18.4. The normalized spacial score (nSPS) is 12.1. The molecule has 4 nitrogen and oxygen atoms in total. The molecule has 0 spiro atoms. The average Bonchev–Trinajstić information content (AvgIpc) is 2.59. The highest BCUT2D eigenvalue weighted by Gasteiger charge is 2.20. The van der Waals surface area contributed by atoms with Crippen molar-refractivity contribution in [3.63, 3.8) is 0 Å². The lowest BCUT2D eigenvalue weighted by Gasteiger charge is -2.32. The van der Waals surface area contributed by atoms with Crippen LogP contribution in [0, 0.1) is 13.8 Å². The molecule has 5 heteroatoms. The minimum absolute atomic E-state index is 0.164. The first kappa shape index (κ1) is 19.3. The number of para-hydroxylation sites is 1. The number of thiocarbonyl (C=S) groups is 1. The minimum atomic E-state index is 0.164. The number of hydrogen-bond donors (Lipinski definition) is 2. The van der Waals surface area contributed by atoms with E-state index in [1.165, 1.54) is 21.6 Å². The lowest BCUT2D eigenvalue weighted by atomic mass is 10.1.